The maximum atomic E-state index is 12.0. The van der Waals surface area contributed by atoms with Gasteiger partial charge in [0.1, 0.15) is 5.75 Å². The van der Waals surface area contributed by atoms with Gasteiger partial charge < -0.3 is 10.4 Å². The van der Waals surface area contributed by atoms with E-state index in [9.17, 15) is 9.90 Å². The predicted molar refractivity (Wildman–Crippen MR) is 75.4 cm³/mol. The fraction of sp³-hybridized carbons (Fsp3) is 0.0667. The lowest BCUT2D eigenvalue weighted by Crippen LogP contribution is -2.22. The number of rotatable bonds is 3. The highest BCUT2D eigenvalue weighted by Crippen LogP contribution is 2.15. The number of nitrogens with one attached hydrogen (secondary N) is 2. The molecule has 5 nitrogen and oxygen atoms in total. The SMILES string of the molecule is O=C(NCc1[nH]nc2ccccc12)c1cccc(O)c1. The Balaban J connectivity index is 1.75. The molecule has 1 amide bonds. The number of benzene rings is 2. The summed E-state index contributed by atoms with van der Waals surface area (Å²) >= 11 is 0. The molecule has 0 unspecified atom stereocenters. The van der Waals surface area contributed by atoms with Crippen LogP contribution in [0.15, 0.2) is 48.5 Å². The summed E-state index contributed by atoms with van der Waals surface area (Å²) in [6.45, 7) is 0.356. The molecule has 0 spiro atoms. The first-order valence-electron chi connectivity index (χ1n) is 6.23. The summed E-state index contributed by atoms with van der Waals surface area (Å²) in [5.74, 6) is -0.163. The molecule has 3 N–H and O–H groups in total. The van der Waals surface area contributed by atoms with Crippen LogP contribution in [0.25, 0.3) is 10.9 Å². The van der Waals surface area contributed by atoms with Crippen molar-refractivity contribution in [1.29, 1.82) is 0 Å². The van der Waals surface area contributed by atoms with Gasteiger partial charge in [0.2, 0.25) is 0 Å². The molecular formula is C15H13N3O2. The van der Waals surface area contributed by atoms with Crippen molar-refractivity contribution in [3.05, 3.63) is 59.8 Å². The highest BCUT2D eigenvalue weighted by Gasteiger charge is 2.08. The van der Waals surface area contributed by atoms with Gasteiger partial charge in [0.05, 0.1) is 17.8 Å². The van der Waals surface area contributed by atoms with Gasteiger partial charge in [-0.25, -0.2) is 0 Å². The third kappa shape index (κ3) is 2.33. The molecule has 0 atom stereocenters. The van der Waals surface area contributed by atoms with Crippen molar-refractivity contribution in [2.24, 2.45) is 0 Å². The topological polar surface area (TPSA) is 78.0 Å². The zero-order valence-corrected chi connectivity index (χ0v) is 10.6. The fourth-order valence-electron chi connectivity index (χ4n) is 2.07. The lowest BCUT2D eigenvalue weighted by Gasteiger charge is -2.04. The second-order valence-electron chi connectivity index (χ2n) is 4.45. The van der Waals surface area contributed by atoms with E-state index in [0.717, 1.165) is 16.6 Å². The number of carbonyl (C=O) groups is 1. The van der Waals surface area contributed by atoms with Crippen LogP contribution in [0.3, 0.4) is 0 Å². The highest BCUT2D eigenvalue weighted by atomic mass is 16.3. The number of nitrogens with zero attached hydrogens (tertiary/aromatic N) is 1. The van der Waals surface area contributed by atoms with E-state index in [1.54, 1.807) is 12.1 Å². The van der Waals surface area contributed by atoms with Gasteiger partial charge in [0, 0.05) is 10.9 Å². The number of aromatic hydroxyl groups is 1. The summed E-state index contributed by atoms with van der Waals surface area (Å²) in [5, 5.41) is 20.2. The van der Waals surface area contributed by atoms with Crippen LogP contribution in [0.2, 0.25) is 0 Å². The van der Waals surface area contributed by atoms with E-state index in [4.69, 9.17) is 0 Å². The summed E-state index contributed by atoms with van der Waals surface area (Å²) in [6, 6.07) is 14.0. The van der Waals surface area contributed by atoms with Crippen LogP contribution in [0.1, 0.15) is 16.1 Å². The number of aromatic amines is 1. The van der Waals surface area contributed by atoms with Crippen molar-refractivity contribution in [2.75, 3.05) is 0 Å². The molecule has 2 aromatic carbocycles. The number of phenolic OH excluding ortho intramolecular Hbond substituents is 1. The molecule has 0 aliphatic carbocycles. The minimum atomic E-state index is -0.236. The molecule has 20 heavy (non-hydrogen) atoms. The quantitative estimate of drug-likeness (QED) is 0.680. The van der Waals surface area contributed by atoms with Crippen LogP contribution in [0.5, 0.6) is 5.75 Å². The molecule has 1 aromatic heterocycles. The standard InChI is InChI=1S/C15H13N3O2/c19-11-5-3-4-10(8-11)15(20)16-9-14-12-6-1-2-7-13(12)17-18-14/h1-8,19H,9H2,(H,16,20)(H,17,18). The van der Waals surface area contributed by atoms with Crippen molar-refractivity contribution in [3.8, 4) is 5.75 Å². The normalized spacial score (nSPS) is 10.6. The minimum Gasteiger partial charge on any atom is -0.508 e. The van der Waals surface area contributed by atoms with Gasteiger partial charge in [0.25, 0.3) is 5.91 Å². The molecule has 0 bridgehead atoms. The zero-order valence-electron chi connectivity index (χ0n) is 10.6. The molecule has 5 heteroatoms. The molecule has 0 saturated heterocycles. The monoisotopic (exact) mass is 267 g/mol. The second-order valence-corrected chi connectivity index (χ2v) is 4.45. The molecule has 0 aliphatic rings. The Labute approximate surface area is 115 Å². The van der Waals surface area contributed by atoms with Crippen molar-refractivity contribution in [1.82, 2.24) is 15.5 Å². The average molecular weight is 267 g/mol. The third-order valence-electron chi connectivity index (χ3n) is 3.07. The molecule has 0 radical (unpaired) electrons. The molecule has 3 rings (SSSR count). The Kier molecular flexibility index (Phi) is 3.09. The van der Waals surface area contributed by atoms with Gasteiger partial charge in [-0.1, -0.05) is 24.3 Å². The molecule has 0 fully saturated rings. The van der Waals surface area contributed by atoms with Gasteiger partial charge in [-0.3, -0.25) is 9.89 Å². The van der Waals surface area contributed by atoms with Crippen LogP contribution < -0.4 is 5.32 Å². The first kappa shape index (κ1) is 12.2. The Morgan fingerprint density at radius 2 is 2.05 bits per heavy atom. The van der Waals surface area contributed by atoms with Crippen molar-refractivity contribution >= 4 is 16.8 Å². The van der Waals surface area contributed by atoms with Crippen molar-refractivity contribution < 1.29 is 9.90 Å². The van der Waals surface area contributed by atoms with E-state index in [1.807, 2.05) is 24.3 Å². The smallest absolute Gasteiger partial charge is 0.251 e. The number of phenols is 1. The summed E-state index contributed by atoms with van der Waals surface area (Å²) < 4.78 is 0. The van der Waals surface area contributed by atoms with E-state index in [0.29, 0.717) is 12.1 Å². The first-order valence-corrected chi connectivity index (χ1v) is 6.23. The van der Waals surface area contributed by atoms with Gasteiger partial charge in [-0.2, -0.15) is 5.10 Å². The predicted octanol–water partition coefficient (Wildman–Crippen LogP) is 2.20. The molecule has 1 heterocycles. The Bertz CT molecular complexity index is 764. The number of hydrogen-bond acceptors (Lipinski definition) is 3. The molecular weight excluding hydrogens is 254 g/mol. The largest absolute Gasteiger partial charge is 0.508 e. The van der Waals surface area contributed by atoms with Gasteiger partial charge >= 0.3 is 0 Å². The molecule has 0 aliphatic heterocycles. The number of carbonyl (C=O) groups excluding carboxylic acids is 1. The van der Waals surface area contributed by atoms with Gasteiger partial charge in [-0.05, 0) is 24.3 Å². The number of amides is 1. The van der Waals surface area contributed by atoms with E-state index < -0.39 is 0 Å². The number of hydrogen-bond donors (Lipinski definition) is 3. The van der Waals surface area contributed by atoms with Gasteiger partial charge in [-0.15, -0.1) is 0 Å². The molecule has 100 valence electrons. The first-order chi connectivity index (χ1) is 9.74. The Morgan fingerprint density at radius 3 is 2.90 bits per heavy atom. The van der Waals surface area contributed by atoms with Crippen LogP contribution in [0, 0.1) is 0 Å². The van der Waals surface area contributed by atoms with E-state index >= 15 is 0 Å². The van der Waals surface area contributed by atoms with Crippen LogP contribution >= 0.6 is 0 Å². The minimum absolute atomic E-state index is 0.0737. The maximum Gasteiger partial charge on any atom is 0.251 e. The average Bonchev–Trinajstić information content (AvgIpc) is 2.88. The Morgan fingerprint density at radius 1 is 1.20 bits per heavy atom. The second kappa shape index (κ2) is 5.05. The van der Waals surface area contributed by atoms with Crippen molar-refractivity contribution in [3.63, 3.8) is 0 Å². The van der Waals surface area contributed by atoms with E-state index in [-0.39, 0.29) is 11.7 Å². The fourth-order valence-corrected chi connectivity index (χ4v) is 2.07. The highest BCUT2D eigenvalue weighted by molar-refractivity contribution is 5.94. The number of fused-ring (bicyclic) bond motifs is 1. The van der Waals surface area contributed by atoms with Gasteiger partial charge in [0.15, 0.2) is 0 Å². The number of H-pyrrole nitrogens is 1. The van der Waals surface area contributed by atoms with E-state index in [1.165, 1.54) is 12.1 Å². The van der Waals surface area contributed by atoms with Crippen molar-refractivity contribution in [2.45, 2.75) is 6.54 Å². The summed E-state index contributed by atoms with van der Waals surface area (Å²) in [4.78, 5) is 12.0. The zero-order chi connectivity index (χ0) is 13.9. The number of aromatic nitrogens is 2. The van der Waals surface area contributed by atoms with E-state index in [2.05, 4.69) is 15.5 Å². The summed E-state index contributed by atoms with van der Waals surface area (Å²) in [5.41, 5.74) is 2.15. The molecule has 3 aromatic rings. The maximum absolute atomic E-state index is 12.0. The molecule has 0 saturated carbocycles. The third-order valence-corrected chi connectivity index (χ3v) is 3.07. The van der Waals surface area contributed by atoms with Crippen LogP contribution in [-0.2, 0) is 6.54 Å². The lowest BCUT2D eigenvalue weighted by molar-refractivity contribution is 0.0950. The lowest BCUT2D eigenvalue weighted by atomic mass is 10.2. The van der Waals surface area contributed by atoms with Crippen LogP contribution in [0.4, 0.5) is 0 Å². The van der Waals surface area contributed by atoms with Crippen LogP contribution in [-0.4, -0.2) is 21.2 Å². The summed E-state index contributed by atoms with van der Waals surface area (Å²) in [7, 11) is 0. The summed E-state index contributed by atoms with van der Waals surface area (Å²) in [6.07, 6.45) is 0. The Hall–Kier alpha value is -2.82. The number of para-hydroxylation sites is 1.